The number of esters is 1. The lowest BCUT2D eigenvalue weighted by atomic mass is 9.91. The van der Waals surface area contributed by atoms with Crippen molar-refractivity contribution >= 4 is 17.7 Å². The van der Waals surface area contributed by atoms with E-state index in [1.165, 1.54) is 11.8 Å². The molecule has 6 nitrogen and oxygen atoms in total. The smallest absolute Gasteiger partial charge is 0.308 e. The van der Waals surface area contributed by atoms with Gasteiger partial charge >= 0.3 is 5.97 Å². The predicted molar refractivity (Wildman–Crippen MR) is 92.0 cm³/mol. The number of carbonyl (C=O) groups excluding carboxylic acids is 3. The van der Waals surface area contributed by atoms with Gasteiger partial charge < -0.3 is 14.7 Å². The number of ketones is 1. The van der Waals surface area contributed by atoms with Gasteiger partial charge in [-0.15, -0.1) is 0 Å². The highest BCUT2D eigenvalue weighted by Gasteiger charge is 2.43. The van der Waals surface area contributed by atoms with Gasteiger partial charge in [0.1, 0.15) is 5.75 Å². The summed E-state index contributed by atoms with van der Waals surface area (Å²) in [6.07, 6.45) is 0.699. The van der Waals surface area contributed by atoms with Crippen molar-refractivity contribution in [3.63, 3.8) is 0 Å². The van der Waals surface area contributed by atoms with Crippen LogP contribution in [0, 0.1) is 5.92 Å². The largest absolute Gasteiger partial charge is 0.503 e. The van der Waals surface area contributed by atoms with Crippen LogP contribution < -0.4 is 4.74 Å². The van der Waals surface area contributed by atoms with Crippen molar-refractivity contribution in [1.29, 1.82) is 0 Å². The van der Waals surface area contributed by atoms with Crippen molar-refractivity contribution in [2.24, 2.45) is 5.92 Å². The molecule has 1 aliphatic rings. The molecule has 1 aromatic rings. The minimum atomic E-state index is -0.631. The van der Waals surface area contributed by atoms with Gasteiger partial charge in [0.15, 0.2) is 11.5 Å². The summed E-state index contributed by atoms with van der Waals surface area (Å²) >= 11 is 0. The zero-order valence-electron chi connectivity index (χ0n) is 14.9. The standard InChI is InChI=1S/C19H23NO5/c1-5-10-20-16(13-6-8-14(9-7-13)25-12(4)21)15(17(22)11(2)3)18(23)19(20)24/h6-9,11,16,23H,5,10H2,1-4H3. The molecule has 1 aliphatic heterocycles. The Morgan fingerprint density at radius 3 is 2.32 bits per heavy atom. The summed E-state index contributed by atoms with van der Waals surface area (Å²) in [5.41, 5.74) is 0.819. The summed E-state index contributed by atoms with van der Waals surface area (Å²) in [5.74, 6) is -1.63. The first kappa shape index (κ1) is 18.7. The first-order valence-corrected chi connectivity index (χ1v) is 8.34. The molecule has 1 amide bonds. The summed E-state index contributed by atoms with van der Waals surface area (Å²) in [5, 5.41) is 10.3. The number of hydrogen-bond acceptors (Lipinski definition) is 5. The lowest BCUT2D eigenvalue weighted by Crippen LogP contribution is -2.32. The summed E-state index contributed by atoms with van der Waals surface area (Å²) in [6.45, 7) is 7.13. The minimum absolute atomic E-state index is 0.133. The monoisotopic (exact) mass is 345 g/mol. The van der Waals surface area contributed by atoms with Crippen LogP contribution in [0.25, 0.3) is 0 Å². The molecule has 0 radical (unpaired) electrons. The van der Waals surface area contributed by atoms with Crippen molar-refractivity contribution in [2.45, 2.75) is 40.2 Å². The molecule has 0 spiro atoms. The van der Waals surface area contributed by atoms with Gasteiger partial charge in [0.05, 0.1) is 11.6 Å². The van der Waals surface area contributed by atoms with Gasteiger partial charge in [-0.05, 0) is 24.1 Å². The van der Waals surface area contributed by atoms with Gasteiger partial charge in [-0.3, -0.25) is 14.4 Å². The van der Waals surface area contributed by atoms with Crippen LogP contribution in [0.3, 0.4) is 0 Å². The maximum atomic E-state index is 12.6. The van der Waals surface area contributed by atoms with Crippen LogP contribution in [0.4, 0.5) is 0 Å². The van der Waals surface area contributed by atoms with E-state index in [-0.39, 0.29) is 17.3 Å². The molecule has 134 valence electrons. The van der Waals surface area contributed by atoms with Gasteiger partial charge in [0, 0.05) is 19.4 Å². The number of aliphatic hydroxyl groups excluding tert-OH is 1. The van der Waals surface area contributed by atoms with E-state index in [4.69, 9.17) is 4.74 Å². The number of Topliss-reactive ketones (excluding diaryl/α,β-unsaturated/α-hetero) is 1. The molecule has 0 bridgehead atoms. The van der Waals surface area contributed by atoms with Gasteiger partial charge in [-0.1, -0.05) is 32.9 Å². The Bertz CT molecular complexity index is 718. The number of amides is 1. The van der Waals surface area contributed by atoms with Crippen molar-refractivity contribution in [3.8, 4) is 5.75 Å². The van der Waals surface area contributed by atoms with Crippen LogP contribution >= 0.6 is 0 Å². The number of nitrogens with zero attached hydrogens (tertiary/aromatic N) is 1. The van der Waals surface area contributed by atoms with Crippen LogP contribution in [0.5, 0.6) is 5.75 Å². The zero-order valence-corrected chi connectivity index (χ0v) is 14.9. The maximum Gasteiger partial charge on any atom is 0.308 e. The molecular formula is C19H23NO5. The van der Waals surface area contributed by atoms with E-state index in [1.807, 2.05) is 6.92 Å². The lowest BCUT2D eigenvalue weighted by molar-refractivity contribution is -0.132. The molecule has 1 atom stereocenters. The number of carbonyl (C=O) groups is 3. The quantitative estimate of drug-likeness (QED) is 0.633. The summed E-state index contributed by atoms with van der Waals surface area (Å²) in [4.78, 5) is 37.5. The molecule has 1 N–H and O–H groups in total. The van der Waals surface area contributed by atoms with E-state index in [1.54, 1.807) is 38.1 Å². The normalized spacial score (nSPS) is 17.4. The van der Waals surface area contributed by atoms with E-state index >= 15 is 0 Å². The molecule has 1 heterocycles. The topological polar surface area (TPSA) is 83.9 Å². The fourth-order valence-electron chi connectivity index (χ4n) is 2.92. The zero-order chi connectivity index (χ0) is 18.7. The van der Waals surface area contributed by atoms with Crippen molar-refractivity contribution < 1.29 is 24.2 Å². The minimum Gasteiger partial charge on any atom is -0.503 e. The second-order valence-electron chi connectivity index (χ2n) is 6.34. The lowest BCUT2D eigenvalue weighted by Gasteiger charge is -2.27. The Balaban J connectivity index is 2.46. The van der Waals surface area contributed by atoms with Gasteiger partial charge in [0.2, 0.25) is 0 Å². The molecule has 25 heavy (non-hydrogen) atoms. The predicted octanol–water partition coefficient (Wildman–Crippen LogP) is 2.94. The van der Waals surface area contributed by atoms with Crippen LogP contribution in [0.2, 0.25) is 0 Å². The van der Waals surface area contributed by atoms with Gasteiger partial charge in [-0.2, -0.15) is 0 Å². The van der Waals surface area contributed by atoms with E-state index in [2.05, 4.69) is 0 Å². The van der Waals surface area contributed by atoms with Crippen LogP contribution in [-0.4, -0.2) is 34.2 Å². The number of aliphatic hydroxyl groups is 1. The molecule has 1 unspecified atom stereocenters. The van der Waals surface area contributed by atoms with Gasteiger partial charge in [-0.25, -0.2) is 0 Å². The van der Waals surface area contributed by atoms with E-state index in [0.717, 1.165) is 0 Å². The first-order chi connectivity index (χ1) is 11.8. The van der Waals surface area contributed by atoms with Crippen LogP contribution in [0.15, 0.2) is 35.6 Å². The highest BCUT2D eigenvalue weighted by Crippen LogP contribution is 2.39. The van der Waals surface area contributed by atoms with Crippen LogP contribution in [0.1, 0.15) is 45.7 Å². The van der Waals surface area contributed by atoms with Crippen molar-refractivity contribution in [2.75, 3.05) is 6.54 Å². The number of hydrogen-bond donors (Lipinski definition) is 1. The first-order valence-electron chi connectivity index (χ1n) is 8.34. The molecule has 6 heteroatoms. The van der Waals surface area contributed by atoms with E-state index in [0.29, 0.717) is 24.3 Å². The average Bonchev–Trinajstić information content (AvgIpc) is 2.79. The van der Waals surface area contributed by atoms with Gasteiger partial charge in [0.25, 0.3) is 5.91 Å². The Morgan fingerprint density at radius 2 is 1.84 bits per heavy atom. The van der Waals surface area contributed by atoms with E-state index in [9.17, 15) is 19.5 Å². The summed E-state index contributed by atoms with van der Waals surface area (Å²) < 4.78 is 5.01. The molecule has 2 rings (SSSR count). The second-order valence-corrected chi connectivity index (χ2v) is 6.34. The third kappa shape index (κ3) is 3.73. The molecule has 1 aromatic carbocycles. The Labute approximate surface area is 147 Å². The third-order valence-electron chi connectivity index (χ3n) is 4.02. The van der Waals surface area contributed by atoms with Crippen molar-refractivity contribution in [3.05, 3.63) is 41.2 Å². The molecular weight excluding hydrogens is 322 g/mol. The average molecular weight is 345 g/mol. The van der Waals surface area contributed by atoms with E-state index < -0.39 is 23.7 Å². The summed E-state index contributed by atoms with van der Waals surface area (Å²) in [7, 11) is 0. The Hall–Kier alpha value is -2.63. The summed E-state index contributed by atoms with van der Waals surface area (Å²) in [6, 6.07) is 5.99. The Kier molecular flexibility index (Phi) is 5.62. The highest BCUT2D eigenvalue weighted by atomic mass is 16.5. The number of benzene rings is 1. The Morgan fingerprint density at radius 1 is 1.24 bits per heavy atom. The van der Waals surface area contributed by atoms with Crippen LogP contribution in [-0.2, 0) is 14.4 Å². The second kappa shape index (κ2) is 7.51. The molecule has 0 aliphatic carbocycles. The SMILES string of the molecule is CCCN1C(=O)C(O)=C(C(=O)C(C)C)C1c1ccc(OC(C)=O)cc1. The highest BCUT2D eigenvalue weighted by molar-refractivity contribution is 6.09. The molecule has 0 aromatic heterocycles. The number of ether oxygens (including phenoxy) is 1. The third-order valence-corrected chi connectivity index (χ3v) is 4.02. The fraction of sp³-hybridized carbons (Fsp3) is 0.421. The molecule has 0 saturated heterocycles. The maximum absolute atomic E-state index is 12.6. The van der Waals surface area contributed by atoms with Crippen molar-refractivity contribution in [1.82, 2.24) is 4.90 Å². The molecule has 0 fully saturated rings. The fourth-order valence-corrected chi connectivity index (χ4v) is 2.92. The number of rotatable bonds is 6. The molecule has 0 saturated carbocycles.